The summed E-state index contributed by atoms with van der Waals surface area (Å²) in [6.45, 7) is 4.18. The Bertz CT molecular complexity index is 802. The normalized spacial score (nSPS) is 16.7. The maximum absolute atomic E-state index is 12.9. The van der Waals surface area contributed by atoms with E-state index in [0.717, 1.165) is 36.6 Å². The predicted octanol–water partition coefficient (Wildman–Crippen LogP) is 4.90. The van der Waals surface area contributed by atoms with Crippen LogP contribution in [-0.4, -0.2) is 30.2 Å². The van der Waals surface area contributed by atoms with Crippen molar-refractivity contribution in [2.45, 2.75) is 37.5 Å². The fourth-order valence-electron chi connectivity index (χ4n) is 3.42. The van der Waals surface area contributed by atoms with Gasteiger partial charge in [0.25, 0.3) is 5.91 Å². The Labute approximate surface area is 166 Å². The van der Waals surface area contributed by atoms with E-state index in [9.17, 15) is 4.79 Å². The standard InChI is InChI=1S/C22H27N3OS/c1-3-18-21(27-2)20(25-14-10-7-11-15-25)19(16-23-18)24-22(26)17-12-8-5-4-6-9-13-17/h4-6,8-9,12-13,16H,3,7,10-11,14-15H2,1-2H3,(H,24,26). The molecule has 1 aliphatic heterocycles. The van der Waals surface area contributed by atoms with Crippen molar-refractivity contribution in [1.82, 2.24) is 4.98 Å². The van der Waals surface area contributed by atoms with Gasteiger partial charge in [-0.05, 0) is 44.1 Å². The van der Waals surface area contributed by atoms with Crippen LogP contribution in [0.25, 0.3) is 0 Å². The lowest BCUT2D eigenvalue weighted by atomic mass is 10.1. The number of amides is 1. The topological polar surface area (TPSA) is 45.2 Å². The first-order valence-corrected chi connectivity index (χ1v) is 10.8. The lowest BCUT2D eigenvalue weighted by Gasteiger charge is -2.32. The molecule has 3 rings (SSSR count). The summed E-state index contributed by atoms with van der Waals surface area (Å²) in [7, 11) is 0. The van der Waals surface area contributed by atoms with Crippen molar-refractivity contribution in [1.29, 1.82) is 0 Å². The SMILES string of the molecule is CCc1ncc(NC(=O)C2=CC=CC=CC=C2)c(N2CCCCC2)c1SC. The number of hydrogen-bond donors (Lipinski definition) is 1. The minimum atomic E-state index is -0.109. The minimum Gasteiger partial charge on any atom is -0.369 e. The maximum Gasteiger partial charge on any atom is 0.255 e. The predicted molar refractivity (Wildman–Crippen MR) is 116 cm³/mol. The maximum atomic E-state index is 12.9. The van der Waals surface area contributed by atoms with E-state index < -0.39 is 0 Å². The van der Waals surface area contributed by atoms with Gasteiger partial charge in [-0.3, -0.25) is 9.78 Å². The van der Waals surface area contributed by atoms with Gasteiger partial charge in [-0.1, -0.05) is 37.3 Å². The molecule has 27 heavy (non-hydrogen) atoms. The number of thioether (sulfide) groups is 1. The molecule has 2 aliphatic rings. The number of piperidine rings is 1. The monoisotopic (exact) mass is 381 g/mol. The molecule has 5 heteroatoms. The number of anilines is 2. The third-order valence-electron chi connectivity index (χ3n) is 4.80. The average molecular weight is 382 g/mol. The number of carbonyl (C=O) groups excluding carboxylic acids is 1. The fourth-order valence-corrected chi connectivity index (χ4v) is 4.29. The molecule has 1 aliphatic carbocycles. The van der Waals surface area contributed by atoms with Gasteiger partial charge in [0.15, 0.2) is 0 Å². The van der Waals surface area contributed by atoms with E-state index in [2.05, 4.69) is 28.4 Å². The number of nitrogens with one attached hydrogen (secondary N) is 1. The number of rotatable bonds is 5. The van der Waals surface area contributed by atoms with Crippen LogP contribution in [0.15, 0.2) is 59.2 Å². The van der Waals surface area contributed by atoms with Gasteiger partial charge in [0.2, 0.25) is 0 Å². The zero-order valence-electron chi connectivity index (χ0n) is 16.1. The Morgan fingerprint density at radius 2 is 1.89 bits per heavy atom. The van der Waals surface area contributed by atoms with Gasteiger partial charge >= 0.3 is 0 Å². The van der Waals surface area contributed by atoms with Crippen molar-refractivity contribution >= 4 is 29.0 Å². The summed E-state index contributed by atoms with van der Waals surface area (Å²) in [4.78, 5) is 21.1. The largest absolute Gasteiger partial charge is 0.369 e. The van der Waals surface area contributed by atoms with Crippen LogP contribution in [0.1, 0.15) is 31.9 Å². The zero-order chi connectivity index (χ0) is 19.1. The molecule has 0 spiro atoms. The van der Waals surface area contributed by atoms with E-state index in [1.165, 1.54) is 24.2 Å². The van der Waals surface area contributed by atoms with Crippen molar-refractivity contribution in [3.05, 3.63) is 60.0 Å². The van der Waals surface area contributed by atoms with E-state index in [1.54, 1.807) is 11.8 Å². The Hall–Kier alpha value is -2.27. The number of aromatic nitrogens is 1. The molecule has 0 unspecified atom stereocenters. The summed E-state index contributed by atoms with van der Waals surface area (Å²) in [5.41, 5.74) is 3.66. The van der Waals surface area contributed by atoms with E-state index in [-0.39, 0.29) is 5.91 Å². The summed E-state index contributed by atoms with van der Waals surface area (Å²) in [6, 6.07) is 0. The molecule has 4 nitrogen and oxygen atoms in total. The Kier molecular flexibility index (Phi) is 6.93. The molecule has 142 valence electrons. The van der Waals surface area contributed by atoms with Crippen LogP contribution in [0, 0.1) is 0 Å². The van der Waals surface area contributed by atoms with Gasteiger partial charge in [-0.2, -0.15) is 0 Å². The molecule has 0 bridgehead atoms. The molecule has 2 heterocycles. The molecule has 0 aromatic carbocycles. The lowest BCUT2D eigenvalue weighted by Crippen LogP contribution is -2.31. The van der Waals surface area contributed by atoms with Crippen LogP contribution in [0.3, 0.4) is 0 Å². The summed E-state index contributed by atoms with van der Waals surface area (Å²) in [5, 5.41) is 3.12. The first-order valence-electron chi connectivity index (χ1n) is 9.58. The van der Waals surface area contributed by atoms with Crippen molar-refractivity contribution < 1.29 is 4.79 Å². The Morgan fingerprint density at radius 3 is 2.63 bits per heavy atom. The second-order valence-corrected chi connectivity index (χ2v) is 7.42. The summed E-state index contributed by atoms with van der Waals surface area (Å²) in [5.74, 6) is -0.109. The molecule has 1 amide bonds. The number of nitrogens with zero attached hydrogens (tertiary/aromatic N) is 2. The van der Waals surface area contributed by atoms with Crippen LogP contribution in [-0.2, 0) is 11.2 Å². The number of allylic oxidation sites excluding steroid dienone is 6. The number of aryl methyl sites for hydroxylation is 1. The van der Waals surface area contributed by atoms with Gasteiger partial charge in [0.05, 0.1) is 28.2 Å². The van der Waals surface area contributed by atoms with Gasteiger partial charge in [-0.15, -0.1) is 11.8 Å². The third kappa shape index (κ3) is 4.72. The highest BCUT2D eigenvalue weighted by Gasteiger charge is 2.22. The molecule has 0 atom stereocenters. The van der Waals surface area contributed by atoms with Crippen LogP contribution in [0.5, 0.6) is 0 Å². The van der Waals surface area contributed by atoms with Crippen molar-refractivity contribution in [3.8, 4) is 0 Å². The molecule has 1 saturated heterocycles. The summed E-state index contributed by atoms with van der Waals surface area (Å²) in [6.07, 6.45) is 21.7. The van der Waals surface area contributed by atoms with Crippen molar-refractivity contribution in [2.75, 3.05) is 29.6 Å². The molecule has 1 aromatic rings. The van der Waals surface area contributed by atoms with E-state index in [0.29, 0.717) is 5.57 Å². The van der Waals surface area contributed by atoms with Crippen LogP contribution in [0.4, 0.5) is 11.4 Å². The number of pyridine rings is 1. The van der Waals surface area contributed by atoms with Crippen LogP contribution < -0.4 is 10.2 Å². The summed E-state index contributed by atoms with van der Waals surface area (Å²) < 4.78 is 0. The first-order chi connectivity index (χ1) is 13.2. The second kappa shape index (κ2) is 9.60. The highest BCUT2D eigenvalue weighted by Crippen LogP contribution is 2.39. The molecule has 1 aromatic heterocycles. The Morgan fingerprint density at radius 1 is 1.15 bits per heavy atom. The van der Waals surface area contributed by atoms with E-state index in [1.807, 2.05) is 48.7 Å². The molecule has 1 fully saturated rings. The molecular weight excluding hydrogens is 354 g/mol. The smallest absolute Gasteiger partial charge is 0.255 e. The lowest BCUT2D eigenvalue weighted by molar-refractivity contribution is -0.112. The fraction of sp³-hybridized carbons (Fsp3) is 0.364. The zero-order valence-corrected chi connectivity index (χ0v) is 16.9. The molecular formula is C22H27N3OS. The van der Waals surface area contributed by atoms with Gasteiger partial charge in [-0.25, -0.2) is 0 Å². The second-order valence-electron chi connectivity index (χ2n) is 6.61. The van der Waals surface area contributed by atoms with Gasteiger partial charge < -0.3 is 10.2 Å². The Balaban J connectivity index is 1.95. The highest BCUT2D eigenvalue weighted by molar-refractivity contribution is 7.98. The quantitative estimate of drug-likeness (QED) is 0.737. The number of hydrogen-bond acceptors (Lipinski definition) is 4. The van der Waals surface area contributed by atoms with Crippen molar-refractivity contribution in [3.63, 3.8) is 0 Å². The molecule has 0 radical (unpaired) electrons. The summed E-state index contributed by atoms with van der Waals surface area (Å²) >= 11 is 1.72. The van der Waals surface area contributed by atoms with E-state index >= 15 is 0 Å². The number of carbonyl (C=O) groups is 1. The molecule has 0 saturated carbocycles. The first kappa shape index (κ1) is 19.5. The van der Waals surface area contributed by atoms with Gasteiger partial charge in [0, 0.05) is 18.7 Å². The third-order valence-corrected chi connectivity index (χ3v) is 5.64. The van der Waals surface area contributed by atoms with Crippen LogP contribution in [0.2, 0.25) is 0 Å². The highest BCUT2D eigenvalue weighted by atomic mass is 32.2. The van der Waals surface area contributed by atoms with Crippen molar-refractivity contribution in [2.24, 2.45) is 0 Å². The van der Waals surface area contributed by atoms with E-state index in [4.69, 9.17) is 0 Å². The minimum absolute atomic E-state index is 0.109. The van der Waals surface area contributed by atoms with Crippen LogP contribution >= 0.6 is 11.8 Å². The molecule has 1 N–H and O–H groups in total. The van der Waals surface area contributed by atoms with Gasteiger partial charge in [0.1, 0.15) is 0 Å². The average Bonchev–Trinajstić information content (AvgIpc) is 2.67.